The van der Waals surface area contributed by atoms with Crippen molar-refractivity contribution in [2.24, 2.45) is 0 Å². The largest absolute Gasteiger partial charge is 0.507 e. The van der Waals surface area contributed by atoms with Gasteiger partial charge in [0.1, 0.15) is 11.8 Å². The van der Waals surface area contributed by atoms with E-state index >= 15 is 0 Å². The molecular weight excluding hydrogens is 254 g/mol. The van der Waals surface area contributed by atoms with Crippen LogP contribution in [0.15, 0.2) is 48.5 Å². The molecule has 0 fully saturated rings. The van der Waals surface area contributed by atoms with Crippen LogP contribution in [-0.2, 0) is 11.3 Å². The fourth-order valence-corrected chi connectivity index (χ4v) is 2.06. The molecule has 1 atom stereocenters. The maximum absolute atomic E-state index is 11.4. The number of aryl methyl sites for hydroxylation is 1. The molecular formula is C16H17NO3. The van der Waals surface area contributed by atoms with Crippen LogP contribution in [0.25, 0.3) is 0 Å². The molecule has 0 spiro atoms. The summed E-state index contributed by atoms with van der Waals surface area (Å²) in [5.41, 5.74) is 2.04. The van der Waals surface area contributed by atoms with Gasteiger partial charge in [-0.3, -0.25) is 10.1 Å². The molecule has 0 saturated heterocycles. The molecule has 2 aromatic rings. The van der Waals surface area contributed by atoms with Crippen LogP contribution >= 0.6 is 0 Å². The zero-order valence-corrected chi connectivity index (χ0v) is 11.2. The third-order valence-electron chi connectivity index (χ3n) is 3.18. The van der Waals surface area contributed by atoms with Crippen LogP contribution in [0.4, 0.5) is 0 Å². The predicted molar refractivity (Wildman–Crippen MR) is 76.5 cm³/mol. The molecule has 3 N–H and O–H groups in total. The molecule has 0 heterocycles. The normalized spacial score (nSPS) is 12.1. The van der Waals surface area contributed by atoms with E-state index in [2.05, 4.69) is 5.32 Å². The zero-order chi connectivity index (χ0) is 14.5. The molecule has 2 aromatic carbocycles. The second-order valence-corrected chi connectivity index (χ2v) is 4.65. The van der Waals surface area contributed by atoms with Crippen molar-refractivity contribution < 1.29 is 15.0 Å². The number of phenols is 1. The first-order valence-corrected chi connectivity index (χ1v) is 6.38. The Hall–Kier alpha value is -2.33. The van der Waals surface area contributed by atoms with Crippen molar-refractivity contribution in [2.45, 2.75) is 19.5 Å². The van der Waals surface area contributed by atoms with Crippen molar-refractivity contribution in [1.29, 1.82) is 0 Å². The van der Waals surface area contributed by atoms with Crippen LogP contribution in [0.3, 0.4) is 0 Å². The van der Waals surface area contributed by atoms with Crippen LogP contribution in [0.2, 0.25) is 0 Å². The number of carboxylic acids is 1. The highest BCUT2D eigenvalue weighted by molar-refractivity contribution is 5.77. The molecule has 4 heteroatoms. The molecule has 1 unspecified atom stereocenters. The van der Waals surface area contributed by atoms with Gasteiger partial charge in [0, 0.05) is 12.1 Å². The quantitative estimate of drug-likeness (QED) is 0.782. The minimum Gasteiger partial charge on any atom is -0.507 e. The number of aliphatic carboxylic acids is 1. The second kappa shape index (κ2) is 6.21. The molecule has 0 aliphatic heterocycles. The SMILES string of the molecule is Cc1cccc(C(NCc2ccccc2)C(=O)O)c1O. The van der Waals surface area contributed by atoms with E-state index in [4.69, 9.17) is 0 Å². The molecule has 0 aliphatic rings. The van der Waals surface area contributed by atoms with E-state index < -0.39 is 12.0 Å². The van der Waals surface area contributed by atoms with E-state index in [1.165, 1.54) is 0 Å². The van der Waals surface area contributed by atoms with E-state index in [1.807, 2.05) is 30.3 Å². The number of benzene rings is 2. The van der Waals surface area contributed by atoms with E-state index in [0.717, 1.165) is 5.56 Å². The lowest BCUT2D eigenvalue weighted by molar-refractivity contribution is -0.139. The zero-order valence-electron chi connectivity index (χ0n) is 11.2. The summed E-state index contributed by atoms with van der Waals surface area (Å²) in [6.07, 6.45) is 0. The van der Waals surface area contributed by atoms with Gasteiger partial charge in [0.25, 0.3) is 0 Å². The number of rotatable bonds is 5. The Morgan fingerprint density at radius 1 is 1.15 bits per heavy atom. The van der Waals surface area contributed by atoms with Gasteiger partial charge in [0.15, 0.2) is 0 Å². The minimum atomic E-state index is -1.01. The van der Waals surface area contributed by atoms with Crippen LogP contribution in [0.1, 0.15) is 22.7 Å². The fourth-order valence-electron chi connectivity index (χ4n) is 2.06. The van der Waals surface area contributed by atoms with Crippen LogP contribution in [0.5, 0.6) is 5.75 Å². The first-order valence-electron chi connectivity index (χ1n) is 6.38. The van der Waals surface area contributed by atoms with Crippen molar-refractivity contribution in [1.82, 2.24) is 5.32 Å². The smallest absolute Gasteiger partial charge is 0.325 e. The van der Waals surface area contributed by atoms with Gasteiger partial charge < -0.3 is 10.2 Å². The van der Waals surface area contributed by atoms with E-state index in [9.17, 15) is 15.0 Å². The van der Waals surface area contributed by atoms with Gasteiger partial charge in [-0.2, -0.15) is 0 Å². The van der Waals surface area contributed by atoms with Crippen LogP contribution in [-0.4, -0.2) is 16.2 Å². The van der Waals surface area contributed by atoms with Crippen molar-refractivity contribution in [2.75, 3.05) is 0 Å². The molecule has 0 aromatic heterocycles. The maximum Gasteiger partial charge on any atom is 0.325 e. The fraction of sp³-hybridized carbons (Fsp3) is 0.188. The molecule has 0 radical (unpaired) electrons. The molecule has 0 amide bonds. The average Bonchev–Trinajstić information content (AvgIpc) is 2.44. The first kappa shape index (κ1) is 14.1. The Kier molecular flexibility index (Phi) is 4.38. The Morgan fingerprint density at radius 3 is 2.50 bits per heavy atom. The highest BCUT2D eigenvalue weighted by atomic mass is 16.4. The molecule has 104 valence electrons. The first-order chi connectivity index (χ1) is 9.59. The van der Waals surface area contributed by atoms with Crippen molar-refractivity contribution in [3.8, 4) is 5.75 Å². The van der Waals surface area contributed by atoms with E-state index in [0.29, 0.717) is 17.7 Å². The highest BCUT2D eigenvalue weighted by Crippen LogP contribution is 2.27. The average molecular weight is 271 g/mol. The predicted octanol–water partition coefficient (Wildman–Crippen LogP) is 2.62. The third-order valence-corrected chi connectivity index (χ3v) is 3.18. The second-order valence-electron chi connectivity index (χ2n) is 4.65. The summed E-state index contributed by atoms with van der Waals surface area (Å²) in [7, 11) is 0. The van der Waals surface area contributed by atoms with Gasteiger partial charge in [0.05, 0.1) is 0 Å². The summed E-state index contributed by atoms with van der Waals surface area (Å²) in [6.45, 7) is 2.17. The molecule has 0 bridgehead atoms. The van der Waals surface area contributed by atoms with Gasteiger partial charge in [0.2, 0.25) is 0 Å². The number of hydrogen-bond acceptors (Lipinski definition) is 3. The minimum absolute atomic E-state index is 0.0282. The monoisotopic (exact) mass is 271 g/mol. The Bertz CT molecular complexity index is 596. The number of nitrogens with one attached hydrogen (secondary N) is 1. The molecule has 4 nitrogen and oxygen atoms in total. The number of carboxylic acid groups (broad SMARTS) is 1. The lowest BCUT2D eigenvalue weighted by Gasteiger charge is -2.17. The number of hydrogen-bond donors (Lipinski definition) is 3. The van der Waals surface area contributed by atoms with Gasteiger partial charge >= 0.3 is 5.97 Å². The summed E-state index contributed by atoms with van der Waals surface area (Å²) in [5, 5.41) is 22.3. The standard InChI is InChI=1S/C16H17NO3/c1-11-6-5-9-13(15(11)18)14(16(19)20)17-10-12-7-3-2-4-8-12/h2-9,14,17-18H,10H2,1H3,(H,19,20). The summed E-state index contributed by atoms with van der Waals surface area (Å²) in [4.78, 5) is 11.4. The van der Waals surface area contributed by atoms with Crippen molar-refractivity contribution >= 4 is 5.97 Å². The van der Waals surface area contributed by atoms with Gasteiger partial charge in [-0.05, 0) is 18.1 Å². The summed E-state index contributed by atoms with van der Waals surface area (Å²) in [5.74, 6) is -0.984. The van der Waals surface area contributed by atoms with Gasteiger partial charge in [-0.25, -0.2) is 0 Å². The molecule has 0 saturated carbocycles. The van der Waals surface area contributed by atoms with Gasteiger partial charge in [-0.15, -0.1) is 0 Å². The van der Waals surface area contributed by atoms with Crippen LogP contribution in [0, 0.1) is 6.92 Å². The summed E-state index contributed by atoms with van der Waals surface area (Å²) >= 11 is 0. The van der Waals surface area contributed by atoms with E-state index in [-0.39, 0.29) is 5.75 Å². The molecule has 0 aliphatic carbocycles. The van der Waals surface area contributed by atoms with Crippen molar-refractivity contribution in [3.05, 3.63) is 65.2 Å². The summed E-state index contributed by atoms with van der Waals surface area (Å²) < 4.78 is 0. The molecule has 20 heavy (non-hydrogen) atoms. The number of aromatic hydroxyl groups is 1. The Labute approximate surface area is 117 Å². The lowest BCUT2D eigenvalue weighted by Crippen LogP contribution is -2.28. The number of para-hydroxylation sites is 1. The number of carbonyl (C=O) groups is 1. The Balaban J connectivity index is 2.20. The Morgan fingerprint density at radius 2 is 1.85 bits per heavy atom. The number of phenolic OH excluding ortho intramolecular Hbond substituents is 1. The third kappa shape index (κ3) is 3.16. The topological polar surface area (TPSA) is 69.6 Å². The highest BCUT2D eigenvalue weighted by Gasteiger charge is 2.22. The molecule has 2 rings (SSSR count). The van der Waals surface area contributed by atoms with Crippen molar-refractivity contribution in [3.63, 3.8) is 0 Å². The lowest BCUT2D eigenvalue weighted by atomic mass is 10.0. The summed E-state index contributed by atoms with van der Waals surface area (Å²) in [6, 6.07) is 13.7. The van der Waals surface area contributed by atoms with E-state index in [1.54, 1.807) is 25.1 Å². The van der Waals surface area contributed by atoms with Gasteiger partial charge in [-0.1, -0.05) is 48.5 Å². The maximum atomic E-state index is 11.4. The van der Waals surface area contributed by atoms with Crippen LogP contribution < -0.4 is 5.32 Å².